The Balaban J connectivity index is 1.54. The number of hydrogen-bond acceptors (Lipinski definition) is 7. The van der Waals surface area contributed by atoms with E-state index in [1.54, 1.807) is 24.3 Å². The Labute approximate surface area is 213 Å². The number of nitrogens with zero attached hydrogens (tertiary/aromatic N) is 3. The molecule has 1 heterocycles. The average Bonchev–Trinajstić information content (AvgIpc) is 3.36. The van der Waals surface area contributed by atoms with Gasteiger partial charge in [0.25, 0.3) is 17.5 Å². The summed E-state index contributed by atoms with van der Waals surface area (Å²) in [7, 11) is 1.54. The molecule has 4 rings (SSSR count). The normalized spacial score (nSPS) is 21.3. The van der Waals surface area contributed by atoms with E-state index in [2.05, 4.69) is 10.6 Å². The Morgan fingerprint density at radius 3 is 2.19 bits per heavy atom. The topological polar surface area (TPSA) is 160 Å². The number of benzene rings is 2. The Morgan fingerprint density at radius 1 is 0.973 bits per heavy atom. The number of nitrogens with one attached hydrogen (secondary N) is 2. The molecule has 0 radical (unpaired) electrons. The van der Waals surface area contributed by atoms with Gasteiger partial charge in [0.1, 0.15) is 5.75 Å². The maximum atomic E-state index is 13.5. The fourth-order valence-electron chi connectivity index (χ4n) is 4.64. The molecule has 196 valence electrons. The summed E-state index contributed by atoms with van der Waals surface area (Å²) in [5.74, 6) is -0.331. The average molecular weight is 511 g/mol. The van der Waals surface area contributed by atoms with Crippen LogP contribution in [0.25, 0.3) is 0 Å². The summed E-state index contributed by atoms with van der Waals surface area (Å²) in [6, 6.07) is 11.4. The third kappa shape index (κ3) is 5.97. The van der Waals surface area contributed by atoms with E-state index >= 15 is 0 Å². The predicted molar refractivity (Wildman–Crippen MR) is 135 cm³/mol. The lowest BCUT2D eigenvalue weighted by Gasteiger charge is -2.32. The molecule has 1 aliphatic carbocycles. The number of hydrogen-bond donors (Lipinski definition) is 3. The van der Waals surface area contributed by atoms with Crippen LogP contribution in [0.15, 0.2) is 48.5 Å². The molecule has 1 saturated carbocycles. The highest BCUT2D eigenvalue weighted by molar-refractivity contribution is 6.00. The molecule has 1 saturated heterocycles. The van der Waals surface area contributed by atoms with Gasteiger partial charge in [0.05, 0.1) is 12.0 Å². The van der Waals surface area contributed by atoms with Crippen LogP contribution in [0.4, 0.5) is 16.2 Å². The van der Waals surface area contributed by atoms with Crippen LogP contribution in [-0.4, -0.2) is 71.0 Å². The molecule has 0 aromatic heterocycles. The number of ether oxygens (including phenoxy) is 1. The number of anilines is 1. The van der Waals surface area contributed by atoms with Crippen LogP contribution < -0.4 is 21.1 Å². The molecule has 0 bridgehead atoms. The minimum atomic E-state index is -1.18. The lowest BCUT2D eigenvalue weighted by molar-refractivity contribution is -0.384. The first kappa shape index (κ1) is 25.9. The largest absolute Gasteiger partial charge is 0.497 e. The standard InChI is InChI=1S/C25H30N6O6/c1-37-21-12-8-19(9-13-21)28-25(34)30-15-14-29(24(33)16-2-10-20(11-3-16)31(35)36)23(30)22(32)27-18-6-4-17(26)5-7-18/h2-3,8-13,17-18,23H,4-7,14-15,26H2,1H3,(H,27,32)(H,28,34). The number of nitro groups is 1. The fraction of sp³-hybridized carbons (Fsp3) is 0.400. The quantitative estimate of drug-likeness (QED) is 0.397. The molecule has 4 amide bonds. The van der Waals surface area contributed by atoms with E-state index in [9.17, 15) is 24.5 Å². The van der Waals surface area contributed by atoms with E-state index < -0.39 is 28.9 Å². The zero-order chi connectivity index (χ0) is 26.5. The van der Waals surface area contributed by atoms with Gasteiger partial charge >= 0.3 is 6.03 Å². The van der Waals surface area contributed by atoms with E-state index in [1.807, 2.05) is 0 Å². The van der Waals surface area contributed by atoms with Gasteiger partial charge in [0.15, 0.2) is 6.17 Å². The first-order chi connectivity index (χ1) is 17.8. The van der Waals surface area contributed by atoms with Crippen LogP contribution in [0.3, 0.4) is 0 Å². The van der Waals surface area contributed by atoms with Crippen LogP contribution in [0, 0.1) is 10.1 Å². The van der Waals surface area contributed by atoms with Gasteiger partial charge in [-0.25, -0.2) is 4.79 Å². The fourth-order valence-corrected chi connectivity index (χ4v) is 4.64. The lowest BCUT2D eigenvalue weighted by Crippen LogP contribution is -2.56. The number of carbonyl (C=O) groups is 3. The molecule has 37 heavy (non-hydrogen) atoms. The van der Waals surface area contributed by atoms with Crippen molar-refractivity contribution >= 4 is 29.2 Å². The monoisotopic (exact) mass is 510 g/mol. The van der Waals surface area contributed by atoms with Crippen molar-refractivity contribution in [1.82, 2.24) is 15.1 Å². The second-order valence-corrected chi connectivity index (χ2v) is 9.15. The van der Waals surface area contributed by atoms with Crippen LogP contribution in [0.2, 0.25) is 0 Å². The highest BCUT2D eigenvalue weighted by Crippen LogP contribution is 2.24. The van der Waals surface area contributed by atoms with E-state index in [1.165, 1.54) is 41.2 Å². The number of rotatable bonds is 6. The van der Waals surface area contributed by atoms with Crippen molar-refractivity contribution in [2.45, 2.75) is 43.9 Å². The minimum absolute atomic E-state index is 0.101. The van der Waals surface area contributed by atoms with Gasteiger partial charge < -0.3 is 26.0 Å². The van der Waals surface area contributed by atoms with Gasteiger partial charge in [0, 0.05) is 48.6 Å². The van der Waals surface area contributed by atoms with Crippen molar-refractivity contribution in [3.05, 3.63) is 64.2 Å². The number of carbonyl (C=O) groups excluding carboxylic acids is 3. The molecule has 2 aliphatic rings. The molecule has 1 atom stereocenters. The summed E-state index contributed by atoms with van der Waals surface area (Å²) in [4.78, 5) is 53.1. The summed E-state index contributed by atoms with van der Waals surface area (Å²) in [6.07, 6.45) is 1.81. The summed E-state index contributed by atoms with van der Waals surface area (Å²) in [6.45, 7) is 0.258. The van der Waals surface area contributed by atoms with Gasteiger partial charge in [-0.15, -0.1) is 0 Å². The van der Waals surface area contributed by atoms with Crippen LogP contribution in [0.5, 0.6) is 5.75 Å². The van der Waals surface area contributed by atoms with Gasteiger partial charge in [-0.1, -0.05) is 0 Å². The predicted octanol–water partition coefficient (Wildman–Crippen LogP) is 2.31. The lowest BCUT2D eigenvalue weighted by atomic mass is 9.92. The molecule has 0 spiro atoms. The zero-order valence-corrected chi connectivity index (χ0v) is 20.5. The number of non-ortho nitro benzene ring substituents is 1. The Kier molecular flexibility index (Phi) is 7.87. The van der Waals surface area contributed by atoms with Crippen molar-refractivity contribution in [3.63, 3.8) is 0 Å². The molecule has 12 heteroatoms. The number of nitro benzene ring substituents is 1. The Bertz CT molecular complexity index is 1150. The minimum Gasteiger partial charge on any atom is -0.497 e. The van der Waals surface area contributed by atoms with Crippen molar-refractivity contribution in [1.29, 1.82) is 0 Å². The molecule has 12 nitrogen and oxygen atoms in total. The van der Waals surface area contributed by atoms with E-state index in [0.717, 1.165) is 12.8 Å². The van der Waals surface area contributed by atoms with Gasteiger partial charge in [-0.2, -0.15) is 0 Å². The number of amides is 4. The summed E-state index contributed by atoms with van der Waals surface area (Å²) >= 11 is 0. The highest BCUT2D eigenvalue weighted by Gasteiger charge is 2.43. The van der Waals surface area contributed by atoms with Crippen molar-refractivity contribution in [3.8, 4) is 5.75 Å². The van der Waals surface area contributed by atoms with Gasteiger partial charge in [-0.3, -0.25) is 24.6 Å². The van der Waals surface area contributed by atoms with E-state index in [-0.39, 0.29) is 36.4 Å². The van der Waals surface area contributed by atoms with E-state index in [4.69, 9.17) is 10.5 Å². The zero-order valence-electron chi connectivity index (χ0n) is 20.5. The van der Waals surface area contributed by atoms with Crippen molar-refractivity contribution in [2.75, 3.05) is 25.5 Å². The molecular weight excluding hydrogens is 480 g/mol. The molecular formula is C25H30N6O6. The molecule has 2 aromatic rings. The highest BCUT2D eigenvalue weighted by atomic mass is 16.6. The third-order valence-electron chi connectivity index (χ3n) is 6.71. The number of urea groups is 1. The van der Waals surface area contributed by atoms with Crippen molar-refractivity contribution in [2.24, 2.45) is 5.73 Å². The number of nitrogens with two attached hydrogens (primary N) is 1. The SMILES string of the molecule is COc1ccc(NC(=O)N2CCN(C(=O)c3ccc([N+](=O)[O-])cc3)C2C(=O)NC2CCC(N)CC2)cc1. The second kappa shape index (κ2) is 11.2. The van der Waals surface area contributed by atoms with Gasteiger partial charge in [0.2, 0.25) is 0 Å². The van der Waals surface area contributed by atoms with E-state index in [0.29, 0.717) is 24.3 Å². The third-order valence-corrected chi connectivity index (χ3v) is 6.71. The molecule has 2 aromatic carbocycles. The van der Waals surface area contributed by atoms with Crippen LogP contribution in [-0.2, 0) is 4.79 Å². The number of methoxy groups -OCH3 is 1. The summed E-state index contributed by atoms with van der Waals surface area (Å²) < 4.78 is 5.14. The smallest absolute Gasteiger partial charge is 0.323 e. The second-order valence-electron chi connectivity index (χ2n) is 9.15. The van der Waals surface area contributed by atoms with Gasteiger partial charge in [-0.05, 0) is 62.1 Å². The summed E-state index contributed by atoms with van der Waals surface area (Å²) in [5.41, 5.74) is 6.52. The Morgan fingerprint density at radius 2 is 1.59 bits per heavy atom. The first-order valence-corrected chi connectivity index (χ1v) is 12.1. The summed E-state index contributed by atoms with van der Waals surface area (Å²) in [5, 5.41) is 16.7. The Hall–Kier alpha value is -4.19. The maximum Gasteiger partial charge on any atom is 0.323 e. The molecule has 1 unspecified atom stereocenters. The first-order valence-electron chi connectivity index (χ1n) is 12.1. The molecule has 4 N–H and O–H groups in total. The maximum absolute atomic E-state index is 13.5. The van der Waals surface area contributed by atoms with Crippen molar-refractivity contribution < 1.29 is 24.0 Å². The molecule has 2 fully saturated rings. The van der Waals surface area contributed by atoms with Crippen LogP contribution in [0.1, 0.15) is 36.0 Å². The van der Waals surface area contributed by atoms with Crippen LogP contribution >= 0.6 is 0 Å². The molecule has 1 aliphatic heterocycles.